The molecule has 6 heteroatoms. The zero-order valence-electron chi connectivity index (χ0n) is 7.77. The second-order valence-corrected chi connectivity index (χ2v) is 3.00. The van der Waals surface area contributed by atoms with Gasteiger partial charge in [-0.25, -0.2) is 14.2 Å². The normalized spacial score (nSPS) is 10.0. The summed E-state index contributed by atoms with van der Waals surface area (Å²) >= 11 is 0. The van der Waals surface area contributed by atoms with Crippen LogP contribution in [-0.4, -0.2) is 20.5 Å². The van der Waals surface area contributed by atoms with Gasteiger partial charge in [0, 0.05) is 12.4 Å². The summed E-state index contributed by atoms with van der Waals surface area (Å²) in [5, 5.41) is 8.68. The maximum absolute atomic E-state index is 13.3. The summed E-state index contributed by atoms with van der Waals surface area (Å²) < 4.78 is 14.6. The summed E-state index contributed by atoms with van der Waals surface area (Å²) in [6, 6.07) is 0.962. The van der Waals surface area contributed by atoms with Crippen molar-refractivity contribution in [3.63, 3.8) is 0 Å². The van der Waals surface area contributed by atoms with Gasteiger partial charge in [-0.05, 0) is 13.0 Å². The third-order valence-corrected chi connectivity index (χ3v) is 1.87. The van der Waals surface area contributed by atoms with Crippen LogP contribution in [0.3, 0.4) is 0 Å². The van der Waals surface area contributed by atoms with Gasteiger partial charge in [0.25, 0.3) is 0 Å². The fourth-order valence-electron chi connectivity index (χ4n) is 1.30. The van der Waals surface area contributed by atoms with E-state index in [0.29, 0.717) is 5.69 Å². The van der Waals surface area contributed by atoms with E-state index in [1.807, 2.05) is 0 Å². The van der Waals surface area contributed by atoms with Crippen molar-refractivity contribution in [1.29, 1.82) is 0 Å². The number of aromatic carboxylic acids is 1. The van der Waals surface area contributed by atoms with Gasteiger partial charge >= 0.3 is 5.97 Å². The lowest BCUT2D eigenvalue weighted by Gasteiger charge is -1.97. The average molecular weight is 231 g/mol. The molecule has 0 amide bonds. The number of pyridine rings is 1. The van der Waals surface area contributed by atoms with E-state index in [4.69, 9.17) is 5.11 Å². The van der Waals surface area contributed by atoms with Crippen LogP contribution in [0, 0.1) is 12.7 Å². The van der Waals surface area contributed by atoms with Crippen molar-refractivity contribution in [2.75, 3.05) is 0 Å². The Hall–Kier alpha value is -1.62. The molecule has 0 atom stereocenters. The van der Waals surface area contributed by atoms with Gasteiger partial charge in [-0.1, -0.05) is 0 Å². The Morgan fingerprint density at radius 2 is 2.20 bits per heavy atom. The van der Waals surface area contributed by atoms with E-state index in [-0.39, 0.29) is 23.6 Å². The Morgan fingerprint density at radius 1 is 1.53 bits per heavy atom. The van der Waals surface area contributed by atoms with Crippen LogP contribution in [0.5, 0.6) is 0 Å². The summed E-state index contributed by atoms with van der Waals surface area (Å²) in [6.07, 6.45) is 2.91. The van der Waals surface area contributed by atoms with Gasteiger partial charge in [0.1, 0.15) is 0 Å². The van der Waals surface area contributed by atoms with Crippen LogP contribution in [-0.2, 0) is 0 Å². The number of nitrogens with zero attached hydrogens (tertiary/aromatic N) is 2. The third kappa shape index (κ3) is 1.92. The van der Waals surface area contributed by atoms with Crippen LogP contribution in [0.2, 0.25) is 0 Å². The number of hydrogen-bond donors (Lipinski definition) is 1. The molecule has 15 heavy (non-hydrogen) atoms. The lowest BCUT2D eigenvalue weighted by atomic mass is 10.3. The molecule has 0 saturated carbocycles. The predicted molar refractivity (Wildman–Crippen MR) is 54.1 cm³/mol. The van der Waals surface area contributed by atoms with E-state index in [1.165, 1.54) is 10.6 Å². The Bertz CT molecular complexity index is 524. The number of carboxylic acid groups (broad SMARTS) is 1. The number of halogens is 2. The van der Waals surface area contributed by atoms with Crippen LogP contribution in [0.4, 0.5) is 4.39 Å². The lowest BCUT2D eigenvalue weighted by molar-refractivity contribution is 0.0696. The first kappa shape index (κ1) is 11.5. The summed E-state index contributed by atoms with van der Waals surface area (Å²) in [5.74, 6) is -1.78. The molecule has 4 nitrogen and oxygen atoms in total. The van der Waals surface area contributed by atoms with Crippen molar-refractivity contribution in [2.45, 2.75) is 6.92 Å². The number of aryl methyl sites for hydroxylation is 1. The molecule has 0 aromatic carbocycles. The number of aromatic nitrogens is 2. The summed E-state index contributed by atoms with van der Waals surface area (Å²) in [6.45, 7) is 1.72. The number of imidazole rings is 1. The zero-order chi connectivity index (χ0) is 10.3. The fourth-order valence-corrected chi connectivity index (χ4v) is 1.30. The molecular weight excluding hydrogens is 223 g/mol. The first-order chi connectivity index (χ1) is 6.58. The largest absolute Gasteiger partial charge is 0.478 e. The molecule has 0 unspecified atom stereocenters. The molecule has 2 heterocycles. The molecule has 0 bridgehead atoms. The van der Waals surface area contributed by atoms with E-state index in [0.717, 1.165) is 6.07 Å². The van der Waals surface area contributed by atoms with Gasteiger partial charge < -0.3 is 9.51 Å². The molecule has 0 radical (unpaired) electrons. The molecule has 1 N–H and O–H groups in total. The van der Waals surface area contributed by atoms with Crippen molar-refractivity contribution in [3.05, 3.63) is 35.5 Å². The zero-order valence-corrected chi connectivity index (χ0v) is 8.58. The number of rotatable bonds is 1. The van der Waals surface area contributed by atoms with E-state index in [2.05, 4.69) is 4.98 Å². The van der Waals surface area contributed by atoms with E-state index in [9.17, 15) is 9.18 Å². The quantitative estimate of drug-likeness (QED) is 0.814. The monoisotopic (exact) mass is 230 g/mol. The topological polar surface area (TPSA) is 54.6 Å². The van der Waals surface area contributed by atoms with Crippen molar-refractivity contribution in [3.8, 4) is 0 Å². The first-order valence-corrected chi connectivity index (χ1v) is 3.96. The standard InChI is InChI=1S/C9H7FN2O2.ClH/c1-5-3-12-4-6(9(13)14)2-7(10)8(12)11-5;/h2-4H,1H3,(H,13,14);1H. The minimum absolute atomic E-state index is 0. The molecule has 2 aromatic rings. The van der Waals surface area contributed by atoms with Crippen molar-refractivity contribution >= 4 is 24.0 Å². The van der Waals surface area contributed by atoms with Gasteiger partial charge in [-0.2, -0.15) is 0 Å². The van der Waals surface area contributed by atoms with E-state index < -0.39 is 11.8 Å². The van der Waals surface area contributed by atoms with Crippen LogP contribution in [0.1, 0.15) is 16.1 Å². The Morgan fingerprint density at radius 3 is 2.80 bits per heavy atom. The van der Waals surface area contributed by atoms with Crippen LogP contribution in [0.15, 0.2) is 18.5 Å². The van der Waals surface area contributed by atoms with Crippen molar-refractivity contribution in [1.82, 2.24) is 9.38 Å². The SMILES string of the molecule is Cc1cn2cc(C(=O)O)cc(F)c2n1.Cl. The first-order valence-electron chi connectivity index (χ1n) is 3.96. The summed E-state index contributed by atoms with van der Waals surface area (Å²) in [5.41, 5.74) is 0.700. The maximum atomic E-state index is 13.3. The Balaban J connectivity index is 0.00000112. The molecule has 2 rings (SSSR count). The van der Waals surface area contributed by atoms with Gasteiger partial charge in [0.15, 0.2) is 11.5 Å². The Kier molecular flexibility index (Phi) is 2.95. The summed E-state index contributed by atoms with van der Waals surface area (Å²) in [4.78, 5) is 14.5. The van der Waals surface area contributed by atoms with Crippen LogP contribution < -0.4 is 0 Å². The molecule has 0 saturated heterocycles. The molecule has 2 aromatic heterocycles. The second kappa shape index (κ2) is 3.86. The molecule has 0 fully saturated rings. The minimum Gasteiger partial charge on any atom is -0.478 e. The lowest BCUT2D eigenvalue weighted by Crippen LogP contribution is -2.00. The minimum atomic E-state index is -1.16. The van der Waals surface area contributed by atoms with E-state index in [1.54, 1.807) is 13.1 Å². The Labute approximate surface area is 90.8 Å². The highest BCUT2D eigenvalue weighted by Crippen LogP contribution is 2.12. The highest BCUT2D eigenvalue weighted by Gasteiger charge is 2.10. The number of fused-ring (bicyclic) bond motifs is 1. The number of hydrogen-bond acceptors (Lipinski definition) is 2. The van der Waals surface area contributed by atoms with Crippen molar-refractivity contribution < 1.29 is 14.3 Å². The van der Waals surface area contributed by atoms with Crippen LogP contribution in [0.25, 0.3) is 5.65 Å². The highest BCUT2D eigenvalue weighted by molar-refractivity contribution is 5.87. The van der Waals surface area contributed by atoms with Gasteiger partial charge in [-0.15, -0.1) is 12.4 Å². The average Bonchev–Trinajstić information content (AvgIpc) is 2.45. The van der Waals surface area contributed by atoms with Gasteiger partial charge in [-0.3, -0.25) is 0 Å². The maximum Gasteiger partial charge on any atom is 0.337 e. The highest BCUT2D eigenvalue weighted by atomic mass is 35.5. The third-order valence-electron chi connectivity index (χ3n) is 1.87. The molecule has 0 aliphatic carbocycles. The van der Waals surface area contributed by atoms with Gasteiger partial charge in [0.2, 0.25) is 0 Å². The van der Waals surface area contributed by atoms with Crippen molar-refractivity contribution in [2.24, 2.45) is 0 Å². The van der Waals surface area contributed by atoms with E-state index >= 15 is 0 Å². The van der Waals surface area contributed by atoms with Crippen LogP contribution >= 0.6 is 12.4 Å². The fraction of sp³-hybridized carbons (Fsp3) is 0.111. The predicted octanol–water partition coefficient (Wildman–Crippen LogP) is 1.90. The molecule has 0 aliphatic rings. The molecular formula is C9H8ClFN2O2. The molecule has 0 aliphatic heterocycles. The number of carboxylic acids is 1. The molecule has 0 spiro atoms. The molecule has 80 valence electrons. The second-order valence-electron chi connectivity index (χ2n) is 3.00. The summed E-state index contributed by atoms with van der Waals surface area (Å²) in [7, 11) is 0. The number of carbonyl (C=O) groups is 1. The van der Waals surface area contributed by atoms with Gasteiger partial charge in [0.05, 0.1) is 11.3 Å². The smallest absolute Gasteiger partial charge is 0.337 e.